The predicted molar refractivity (Wildman–Crippen MR) is 95.1 cm³/mol. The van der Waals surface area contributed by atoms with Gasteiger partial charge in [-0.3, -0.25) is 0 Å². The molecule has 1 saturated carbocycles. The topological polar surface area (TPSA) is 89.8 Å². The van der Waals surface area contributed by atoms with E-state index in [-0.39, 0.29) is 35.6 Å². The minimum Gasteiger partial charge on any atom is -0.431 e. The van der Waals surface area contributed by atoms with E-state index in [1.54, 1.807) is 6.07 Å². The number of morpholine rings is 1. The van der Waals surface area contributed by atoms with E-state index >= 15 is 0 Å². The Morgan fingerprint density at radius 3 is 2.70 bits per heavy atom. The molecule has 1 aliphatic carbocycles. The van der Waals surface area contributed by atoms with Crippen LogP contribution in [-0.2, 0) is 4.74 Å². The number of nitroso groups, excluding NO2 is 1. The van der Waals surface area contributed by atoms with E-state index in [2.05, 4.69) is 24.9 Å². The van der Waals surface area contributed by atoms with Gasteiger partial charge in [-0.25, -0.2) is 23.7 Å². The molecule has 12 heteroatoms. The van der Waals surface area contributed by atoms with Crippen molar-refractivity contribution in [1.29, 1.82) is 0 Å². The molecule has 1 unspecified atom stereocenters. The Bertz CT molecular complexity index is 1010. The smallest absolute Gasteiger partial charge is 0.387 e. The number of aromatic nitrogens is 3. The molecule has 158 valence electrons. The second kappa shape index (κ2) is 6.83. The first-order valence-corrected chi connectivity index (χ1v) is 9.27. The number of rotatable bonds is 6. The van der Waals surface area contributed by atoms with Crippen LogP contribution in [0, 0.1) is 4.91 Å². The second-order valence-electron chi connectivity index (χ2n) is 7.50. The minimum atomic E-state index is -3.19. The number of anilines is 1. The minimum absolute atomic E-state index is 0.0230. The number of hydrogen-bond acceptors (Lipinski definition) is 8. The lowest BCUT2D eigenvalue weighted by molar-refractivity contribution is -0.0496. The highest BCUT2D eigenvalue weighted by atomic mass is 19.3. The van der Waals surface area contributed by atoms with Gasteiger partial charge in [-0.05, 0) is 17.7 Å². The zero-order valence-corrected chi connectivity index (χ0v) is 15.3. The predicted octanol–water partition coefficient (Wildman–Crippen LogP) is 3.64. The highest BCUT2D eigenvalue weighted by Gasteiger charge is 2.59. The summed E-state index contributed by atoms with van der Waals surface area (Å²) in [4.78, 5) is 25.1. The number of pyridine rings is 1. The number of hydrogen-bond donors (Lipinski definition) is 0. The molecule has 2 aromatic heterocycles. The quantitative estimate of drug-likeness (QED) is 0.516. The zero-order valence-electron chi connectivity index (χ0n) is 15.3. The van der Waals surface area contributed by atoms with Crippen molar-refractivity contribution in [2.75, 3.05) is 18.1 Å². The highest BCUT2D eigenvalue weighted by Crippen LogP contribution is 2.55. The van der Waals surface area contributed by atoms with Gasteiger partial charge in [0.25, 0.3) is 5.92 Å². The van der Waals surface area contributed by atoms with Crippen LogP contribution in [0.4, 0.5) is 29.2 Å². The fourth-order valence-corrected chi connectivity index (χ4v) is 3.91. The highest BCUT2D eigenvalue weighted by molar-refractivity contribution is 5.67. The molecule has 0 amide bonds. The first kappa shape index (κ1) is 19.1. The summed E-state index contributed by atoms with van der Waals surface area (Å²) in [6.45, 7) is -2.09. The first-order valence-electron chi connectivity index (χ1n) is 9.27. The van der Waals surface area contributed by atoms with Crippen molar-refractivity contribution in [2.45, 2.75) is 43.4 Å². The number of alkyl halides is 4. The van der Waals surface area contributed by atoms with Crippen LogP contribution in [0.3, 0.4) is 0 Å². The van der Waals surface area contributed by atoms with Crippen LogP contribution in [-0.4, -0.2) is 52.8 Å². The molecule has 2 saturated heterocycles. The molecule has 3 aliphatic rings. The average Bonchev–Trinajstić information content (AvgIpc) is 3.07. The molecule has 2 bridgehead atoms. The molecule has 0 spiro atoms. The Morgan fingerprint density at radius 1 is 1.30 bits per heavy atom. The van der Waals surface area contributed by atoms with E-state index in [1.807, 2.05) is 4.90 Å². The molecule has 0 radical (unpaired) electrons. The molecule has 2 aliphatic heterocycles. The standard InChI is InChI=1S/C18H15F4N5O3/c19-17(20)30-13-1-8(5-23-16(13)26-28)12-3-14(27-6-10-2-9(27)7-29-10)25-15(24-12)11-4-18(11,21)22/h1,3,5,9-11,17H,2,4,6-7H2/t9-,10-,11?/m0/s1. The van der Waals surface area contributed by atoms with Crippen LogP contribution < -0.4 is 9.64 Å². The van der Waals surface area contributed by atoms with Gasteiger partial charge in [0, 0.05) is 30.8 Å². The number of fused-ring (bicyclic) bond motifs is 2. The Hall–Kier alpha value is -2.89. The second-order valence-corrected chi connectivity index (χ2v) is 7.50. The molecule has 8 nitrogen and oxygen atoms in total. The van der Waals surface area contributed by atoms with Crippen molar-refractivity contribution >= 4 is 11.6 Å². The normalized spacial score (nSPS) is 26.3. The summed E-state index contributed by atoms with van der Waals surface area (Å²) < 4.78 is 62.6. The van der Waals surface area contributed by atoms with Gasteiger partial charge in [-0.15, -0.1) is 4.91 Å². The summed E-state index contributed by atoms with van der Waals surface area (Å²) in [6.07, 6.45) is 1.73. The third-order valence-electron chi connectivity index (χ3n) is 5.49. The maximum absolute atomic E-state index is 13.7. The fourth-order valence-electron chi connectivity index (χ4n) is 3.91. The van der Waals surface area contributed by atoms with Crippen LogP contribution >= 0.6 is 0 Å². The fraction of sp³-hybridized carbons (Fsp3) is 0.500. The Kier molecular flexibility index (Phi) is 4.34. The van der Waals surface area contributed by atoms with Gasteiger partial charge < -0.3 is 14.4 Å². The van der Waals surface area contributed by atoms with E-state index in [1.165, 1.54) is 6.20 Å². The van der Waals surface area contributed by atoms with Crippen molar-refractivity contribution in [3.8, 4) is 17.0 Å². The summed E-state index contributed by atoms with van der Waals surface area (Å²) in [5.41, 5.74) is 0.429. The Balaban J connectivity index is 1.57. The number of halogens is 4. The molecule has 5 rings (SSSR count). The molecule has 4 heterocycles. The Labute approximate surface area is 167 Å². The molecular weight excluding hydrogens is 410 g/mol. The SMILES string of the molecule is O=Nc1ncc(-c2cc(N3C[C@@H]4C[C@H]3CO4)nc(C3CC3(F)F)n2)cc1OC(F)F. The van der Waals surface area contributed by atoms with Crippen LogP contribution in [0.15, 0.2) is 23.5 Å². The third-order valence-corrected chi connectivity index (χ3v) is 5.49. The van der Waals surface area contributed by atoms with Gasteiger partial charge in [0.15, 0.2) is 5.75 Å². The van der Waals surface area contributed by atoms with Gasteiger partial charge in [0.1, 0.15) is 11.6 Å². The van der Waals surface area contributed by atoms with Crippen LogP contribution in [0.1, 0.15) is 24.6 Å². The molecule has 0 N–H and O–H groups in total. The molecule has 2 aromatic rings. The summed E-state index contributed by atoms with van der Waals surface area (Å²) in [6, 6.07) is 2.81. The molecule has 30 heavy (non-hydrogen) atoms. The van der Waals surface area contributed by atoms with Gasteiger partial charge in [-0.2, -0.15) is 8.78 Å². The van der Waals surface area contributed by atoms with Crippen molar-refractivity contribution in [1.82, 2.24) is 15.0 Å². The van der Waals surface area contributed by atoms with Crippen LogP contribution in [0.5, 0.6) is 5.75 Å². The van der Waals surface area contributed by atoms with Crippen LogP contribution in [0.25, 0.3) is 11.3 Å². The molecule has 0 aromatic carbocycles. The number of ether oxygens (including phenoxy) is 2. The van der Waals surface area contributed by atoms with Gasteiger partial charge in [-0.1, -0.05) is 0 Å². The first-order chi connectivity index (χ1) is 14.3. The summed E-state index contributed by atoms with van der Waals surface area (Å²) in [7, 11) is 0. The third kappa shape index (κ3) is 3.34. The van der Waals surface area contributed by atoms with E-state index in [0.29, 0.717) is 19.0 Å². The van der Waals surface area contributed by atoms with Crippen molar-refractivity contribution < 1.29 is 27.0 Å². The summed E-state index contributed by atoms with van der Waals surface area (Å²) >= 11 is 0. The number of nitrogens with zero attached hydrogens (tertiary/aromatic N) is 5. The largest absolute Gasteiger partial charge is 0.431 e. The van der Waals surface area contributed by atoms with E-state index < -0.39 is 30.0 Å². The molecule has 3 fully saturated rings. The zero-order chi connectivity index (χ0) is 21.0. The van der Waals surface area contributed by atoms with Crippen molar-refractivity contribution in [3.05, 3.63) is 29.1 Å². The van der Waals surface area contributed by atoms with E-state index in [0.717, 1.165) is 12.5 Å². The summed E-state index contributed by atoms with van der Waals surface area (Å²) in [5.74, 6) is -4.61. The van der Waals surface area contributed by atoms with Gasteiger partial charge in [0.05, 0.1) is 30.4 Å². The van der Waals surface area contributed by atoms with Crippen molar-refractivity contribution in [2.24, 2.45) is 5.18 Å². The summed E-state index contributed by atoms with van der Waals surface area (Å²) in [5, 5.41) is 2.57. The maximum atomic E-state index is 13.7. The van der Waals surface area contributed by atoms with Crippen molar-refractivity contribution in [3.63, 3.8) is 0 Å². The molecule has 3 atom stereocenters. The Morgan fingerprint density at radius 2 is 2.10 bits per heavy atom. The average molecular weight is 425 g/mol. The van der Waals surface area contributed by atoms with Crippen LogP contribution in [0.2, 0.25) is 0 Å². The monoisotopic (exact) mass is 425 g/mol. The van der Waals surface area contributed by atoms with Gasteiger partial charge >= 0.3 is 6.61 Å². The van der Waals surface area contributed by atoms with E-state index in [9.17, 15) is 22.5 Å². The van der Waals surface area contributed by atoms with E-state index in [4.69, 9.17) is 4.74 Å². The van der Waals surface area contributed by atoms with Gasteiger partial charge in [0.2, 0.25) is 5.82 Å². The lowest BCUT2D eigenvalue weighted by Gasteiger charge is -2.28. The molecular formula is C18H15F4N5O3. The maximum Gasteiger partial charge on any atom is 0.387 e. The lowest BCUT2D eigenvalue weighted by Crippen LogP contribution is -2.37. The lowest BCUT2D eigenvalue weighted by atomic mass is 10.1.